The molecule has 6 nitrogen and oxygen atoms in total. The topological polar surface area (TPSA) is 74.3 Å². The molecule has 4 rings (SSSR count). The number of hydrogen-bond donors (Lipinski definition) is 2. The van der Waals surface area contributed by atoms with Gasteiger partial charge in [0.1, 0.15) is 10.7 Å². The smallest absolute Gasteiger partial charge is 0.321 e. The van der Waals surface area contributed by atoms with Crippen LogP contribution in [0.25, 0.3) is 10.6 Å². The number of carbonyl (C=O) groups excluding carboxylic acids is 2. The van der Waals surface area contributed by atoms with E-state index in [9.17, 15) is 9.59 Å². The quantitative estimate of drug-likeness (QED) is 0.690. The lowest BCUT2D eigenvalue weighted by atomic mass is 10.2. The summed E-state index contributed by atoms with van der Waals surface area (Å²) in [5.41, 5.74) is 2.60. The summed E-state index contributed by atoms with van der Waals surface area (Å²) in [6.45, 7) is 1.22. The number of urea groups is 1. The first kappa shape index (κ1) is 17.5. The van der Waals surface area contributed by atoms with Crippen LogP contribution in [0.1, 0.15) is 10.5 Å². The number of anilines is 2. The van der Waals surface area contributed by atoms with Crippen molar-refractivity contribution in [3.05, 3.63) is 64.6 Å². The summed E-state index contributed by atoms with van der Waals surface area (Å²) in [5, 5.41) is 8.72. The second-order valence-electron chi connectivity index (χ2n) is 5.93. The number of benzene rings is 2. The molecule has 3 amide bonds. The molecule has 27 heavy (non-hydrogen) atoms. The van der Waals surface area contributed by atoms with Gasteiger partial charge in [-0.15, -0.1) is 11.3 Å². The third-order valence-electron chi connectivity index (χ3n) is 4.10. The molecule has 0 bridgehead atoms. The second-order valence-corrected chi connectivity index (χ2v) is 7.23. The number of amides is 3. The Morgan fingerprint density at radius 3 is 2.78 bits per heavy atom. The van der Waals surface area contributed by atoms with Crippen LogP contribution in [0.3, 0.4) is 0 Å². The highest BCUT2D eigenvalue weighted by Crippen LogP contribution is 2.26. The van der Waals surface area contributed by atoms with E-state index in [4.69, 9.17) is 11.6 Å². The first-order valence-corrected chi connectivity index (χ1v) is 9.54. The van der Waals surface area contributed by atoms with Crippen LogP contribution < -0.4 is 15.5 Å². The fourth-order valence-corrected chi connectivity index (χ4v) is 3.70. The van der Waals surface area contributed by atoms with Gasteiger partial charge in [0.25, 0.3) is 5.91 Å². The molecule has 0 saturated carbocycles. The Morgan fingerprint density at radius 2 is 2.04 bits per heavy atom. The molecule has 0 radical (unpaired) electrons. The maximum atomic E-state index is 12.5. The summed E-state index contributed by atoms with van der Waals surface area (Å²) in [5.74, 6) is -0.297. The van der Waals surface area contributed by atoms with Crippen LogP contribution in [0.15, 0.2) is 53.9 Å². The SMILES string of the molecule is O=C(Nc1cccc(N2CCNC2=O)c1)c1csc(-c2ccc(Cl)cc2)n1. The minimum Gasteiger partial charge on any atom is -0.336 e. The van der Waals surface area contributed by atoms with Crippen molar-refractivity contribution in [2.45, 2.75) is 0 Å². The number of thiazole rings is 1. The van der Waals surface area contributed by atoms with Crippen LogP contribution in [0.5, 0.6) is 0 Å². The number of carbonyl (C=O) groups is 2. The van der Waals surface area contributed by atoms with E-state index in [0.717, 1.165) is 16.3 Å². The van der Waals surface area contributed by atoms with Crippen LogP contribution >= 0.6 is 22.9 Å². The van der Waals surface area contributed by atoms with Gasteiger partial charge in [-0.25, -0.2) is 9.78 Å². The molecule has 1 aliphatic heterocycles. The summed E-state index contributed by atoms with van der Waals surface area (Å²) in [6.07, 6.45) is 0. The average molecular weight is 399 g/mol. The van der Waals surface area contributed by atoms with Gasteiger partial charge in [0.05, 0.1) is 0 Å². The van der Waals surface area contributed by atoms with E-state index in [1.807, 2.05) is 18.2 Å². The molecule has 2 N–H and O–H groups in total. The summed E-state index contributed by atoms with van der Waals surface area (Å²) in [4.78, 5) is 30.4. The van der Waals surface area contributed by atoms with Crippen LogP contribution in [0.2, 0.25) is 5.02 Å². The van der Waals surface area contributed by atoms with E-state index in [1.165, 1.54) is 11.3 Å². The molecular formula is C19H15ClN4O2S. The molecule has 1 saturated heterocycles. The number of rotatable bonds is 4. The average Bonchev–Trinajstić information content (AvgIpc) is 3.32. The van der Waals surface area contributed by atoms with Gasteiger partial charge in [0.15, 0.2) is 0 Å². The highest BCUT2D eigenvalue weighted by Gasteiger charge is 2.21. The van der Waals surface area contributed by atoms with Gasteiger partial charge in [-0.1, -0.05) is 29.8 Å². The van der Waals surface area contributed by atoms with Crippen molar-refractivity contribution in [1.29, 1.82) is 0 Å². The molecule has 2 aromatic carbocycles. The summed E-state index contributed by atoms with van der Waals surface area (Å²) >= 11 is 7.30. The van der Waals surface area contributed by atoms with Crippen LogP contribution in [0, 0.1) is 0 Å². The number of halogens is 1. The number of nitrogens with one attached hydrogen (secondary N) is 2. The zero-order valence-electron chi connectivity index (χ0n) is 14.1. The van der Waals surface area contributed by atoms with E-state index in [-0.39, 0.29) is 11.9 Å². The third kappa shape index (κ3) is 3.79. The van der Waals surface area contributed by atoms with Crippen LogP contribution in [-0.4, -0.2) is 30.0 Å². The molecule has 0 aliphatic carbocycles. The Kier molecular flexibility index (Phi) is 4.79. The lowest BCUT2D eigenvalue weighted by Crippen LogP contribution is -2.27. The predicted octanol–water partition coefficient (Wildman–Crippen LogP) is 4.25. The fraction of sp³-hybridized carbons (Fsp3) is 0.105. The molecule has 0 atom stereocenters. The number of nitrogens with zero attached hydrogens (tertiary/aromatic N) is 2. The van der Waals surface area contributed by atoms with E-state index < -0.39 is 0 Å². The zero-order valence-corrected chi connectivity index (χ0v) is 15.7. The predicted molar refractivity (Wildman–Crippen MR) is 108 cm³/mol. The Bertz CT molecular complexity index is 1000. The van der Waals surface area contributed by atoms with E-state index >= 15 is 0 Å². The van der Waals surface area contributed by atoms with Crippen molar-refractivity contribution in [1.82, 2.24) is 10.3 Å². The van der Waals surface area contributed by atoms with Crippen LogP contribution in [0.4, 0.5) is 16.2 Å². The lowest BCUT2D eigenvalue weighted by Gasteiger charge is -2.15. The zero-order chi connectivity index (χ0) is 18.8. The lowest BCUT2D eigenvalue weighted by molar-refractivity contribution is 0.102. The molecule has 8 heteroatoms. The standard InChI is InChI=1S/C19H15ClN4O2S/c20-13-6-4-12(5-7-13)18-23-16(11-27-18)17(25)22-14-2-1-3-15(10-14)24-9-8-21-19(24)26/h1-7,10-11H,8-9H2,(H,21,26)(H,22,25). The van der Waals surface area contributed by atoms with Gasteiger partial charge >= 0.3 is 6.03 Å². The van der Waals surface area contributed by atoms with Crippen molar-refractivity contribution in [3.63, 3.8) is 0 Å². The molecule has 136 valence electrons. The molecule has 0 unspecified atom stereocenters. The first-order chi connectivity index (χ1) is 13.1. The highest BCUT2D eigenvalue weighted by atomic mass is 35.5. The maximum Gasteiger partial charge on any atom is 0.321 e. The molecule has 2 heterocycles. The molecular weight excluding hydrogens is 384 g/mol. The Balaban J connectivity index is 1.50. The number of hydrogen-bond acceptors (Lipinski definition) is 4. The Hall–Kier alpha value is -2.90. The van der Waals surface area contributed by atoms with Crippen molar-refractivity contribution in [2.75, 3.05) is 23.3 Å². The highest BCUT2D eigenvalue weighted by molar-refractivity contribution is 7.13. The first-order valence-electron chi connectivity index (χ1n) is 8.28. The molecule has 0 spiro atoms. The summed E-state index contributed by atoms with van der Waals surface area (Å²) in [6, 6.07) is 14.4. The largest absolute Gasteiger partial charge is 0.336 e. The van der Waals surface area contributed by atoms with Crippen molar-refractivity contribution >= 4 is 46.3 Å². The second kappa shape index (κ2) is 7.38. The molecule has 1 aliphatic rings. The summed E-state index contributed by atoms with van der Waals surface area (Å²) in [7, 11) is 0. The van der Waals surface area contributed by atoms with Crippen molar-refractivity contribution in [3.8, 4) is 10.6 Å². The van der Waals surface area contributed by atoms with Gasteiger partial charge in [0.2, 0.25) is 0 Å². The molecule has 1 fully saturated rings. The normalized spacial score (nSPS) is 13.5. The van der Waals surface area contributed by atoms with Gasteiger partial charge in [-0.2, -0.15) is 0 Å². The monoisotopic (exact) mass is 398 g/mol. The number of aromatic nitrogens is 1. The minimum atomic E-state index is -0.297. The van der Waals surface area contributed by atoms with E-state index in [1.54, 1.807) is 40.6 Å². The van der Waals surface area contributed by atoms with Gasteiger partial charge in [0, 0.05) is 40.4 Å². The maximum absolute atomic E-state index is 12.5. The van der Waals surface area contributed by atoms with E-state index in [0.29, 0.717) is 29.5 Å². The van der Waals surface area contributed by atoms with Gasteiger partial charge < -0.3 is 10.6 Å². The third-order valence-corrected chi connectivity index (χ3v) is 5.24. The minimum absolute atomic E-state index is 0.134. The molecule has 3 aromatic rings. The molecule has 1 aromatic heterocycles. The Labute approximate surface area is 164 Å². The van der Waals surface area contributed by atoms with Gasteiger partial charge in [-0.3, -0.25) is 9.69 Å². The van der Waals surface area contributed by atoms with Crippen molar-refractivity contribution < 1.29 is 9.59 Å². The van der Waals surface area contributed by atoms with Crippen molar-refractivity contribution in [2.24, 2.45) is 0 Å². The van der Waals surface area contributed by atoms with Gasteiger partial charge in [-0.05, 0) is 30.3 Å². The summed E-state index contributed by atoms with van der Waals surface area (Å²) < 4.78 is 0. The van der Waals surface area contributed by atoms with E-state index in [2.05, 4.69) is 15.6 Å². The Morgan fingerprint density at radius 1 is 1.22 bits per heavy atom. The fourth-order valence-electron chi connectivity index (χ4n) is 2.77. The van der Waals surface area contributed by atoms with Crippen LogP contribution in [-0.2, 0) is 0 Å².